The van der Waals surface area contributed by atoms with E-state index >= 15 is 0 Å². The molecule has 1 aromatic heterocycles. The lowest BCUT2D eigenvalue weighted by Crippen LogP contribution is -2.20. The lowest BCUT2D eigenvalue weighted by Gasteiger charge is -2.24. The van der Waals surface area contributed by atoms with Crippen molar-refractivity contribution in [2.24, 2.45) is 7.05 Å². The van der Waals surface area contributed by atoms with Gasteiger partial charge >= 0.3 is 5.97 Å². The number of anilines is 1. The van der Waals surface area contributed by atoms with Crippen LogP contribution >= 0.6 is 11.6 Å². The first-order valence-electron chi connectivity index (χ1n) is 10.9. The standard InChI is InChI=1S/C25H26ClN3O5/c1-25(2,3)21-13-22(29(4)28-21)27-23(30)14-5-7-15(8-6-14)34-20-12-19-17(11-18(20)26)16(24(31)32)9-10-33-19/h5-8,11-13,16H,9-10H2,1-4H3,(H,27,30)(H,31,32). The molecule has 3 aromatic rings. The van der Waals surface area contributed by atoms with Gasteiger partial charge in [0.05, 0.1) is 23.2 Å². The van der Waals surface area contributed by atoms with Crippen molar-refractivity contribution < 1.29 is 24.2 Å². The van der Waals surface area contributed by atoms with Crippen LogP contribution in [0.25, 0.3) is 0 Å². The fourth-order valence-corrected chi connectivity index (χ4v) is 3.88. The van der Waals surface area contributed by atoms with Gasteiger partial charge in [-0.25, -0.2) is 0 Å². The highest BCUT2D eigenvalue weighted by atomic mass is 35.5. The minimum atomic E-state index is -0.913. The highest BCUT2D eigenvalue weighted by molar-refractivity contribution is 6.32. The van der Waals surface area contributed by atoms with E-state index in [0.29, 0.717) is 47.2 Å². The highest BCUT2D eigenvalue weighted by Gasteiger charge is 2.29. The molecule has 0 fully saturated rings. The normalized spacial score (nSPS) is 15.3. The molecule has 1 aliphatic heterocycles. The molecule has 0 radical (unpaired) electrons. The summed E-state index contributed by atoms with van der Waals surface area (Å²) in [6.07, 6.45) is 0.388. The van der Waals surface area contributed by atoms with Crippen LogP contribution in [0.4, 0.5) is 5.82 Å². The SMILES string of the molecule is Cn1nc(C(C)(C)C)cc1NC(=O)c1ccc(Oc2cc3c(cc2Cl)C(C(=O)O)CCO3)cc1. The van der Waals surface area contributed by atoms with Gasteiger partial charge < -0.3 is 19.9 Å². The fourth-order valence-electron chi connectivity index (χ4n) is 3.66. The molecule has 1 aliphatic rings. The molecule has 2 heterocycles. The number of halogens is 1. The Labute approximate surface area is 202 Å². The van der Waals surface area contributed by atoms with Crippen molar-refractivity contribution in [1.82, 2.24) is 9.78 Å². The van der Waals surface area contributed by atoms with Crippen LogP contribution in [-0.4, -0.2) is 33.4 Å². The van der Waals surface area contributed by atoms with Crippen LogP contribution in [0.3, 0.4) is 0 Å². The first-order chi connectivity index (χ1) is 16.0. The Kier molecular flexibility index (Phi) is 6.27. The maximum atomic E-state index is 12.7. The van der Waals surface area contributed by atoms with E-state index in [-0.39, 0.29) is 16.3 Å². The molecule has 9 heteroatoms. The summed E-state index contributed by atoms with van der Waals surface area (Å²) >= 11 is 6.36. The van der Waals surface area contributed by atoms with Gasteiger partial charge in [0.15, 0.2) is 0 Å². The number of carbonyl (C=O) groups is 2. The molecule has 2 aromatic carbocycles. The molecule has 2 N–H and O–H groups in total. The maximum absolute atomic E-state index is 12.7. The van der Waals surface area contributed by atoms with Crippen molar-refractivity contribution in [3.8, 4) is 17.2 Å². The zero-order valence-corrected chi connectivity index (χ0v) is 20.1. The van der Waals surface area contributed by atoms with E-state index in [0.717, 1.165) is 5.69 Å². The van der Waals surface area contributed by atoms with Gasteiger partial charge in [-0.2, -0.15) is 5.10 Å². The molecule has 1 atom stereocenters. The topological polar surface area (TPSA) is 103 Å². The van der Waals surface area contributed by atoms with E-state index in [1.54, 1.807) is 48.1 Å². The number of nitrogens with zero attached hydrogens (tertiary/aromatic N) is 2. The first-order valence-corrected chi connectivity index (χ1v) is 11.2. The van der Waals surface area contributed by atoms with E-state index < -0.39 is 11.9 Å². The monoisotopic (exact) mass is 483 g/mol. The Bertz CT molecular complexity index is 1240. The van der Waals surface area contributed by atoms with Gasteiger partial charge in [0.25, 0.3) is 5.91 Å². The van der Waals surface area contributed by atoms with E-state index in [2.05, 4.69) is 31.2 Å². The van der Waals surface area contributed by atoms with E-state index in [1.165, 1.54) is 0 Å². The molecule has 1 unspecified atom stereocenters. The molecular weight excluding hydrogens is 458 g/mol. The summed E-state index contributed by atoms with van der Waals surface area (Å²) in [7, 11) is 1.78. The Hall–Kier alpha value is -3.52. The molecule has 4 rings (SSSR count). The summed E-state index contributed by atoms with van der Waals surface area (Å²) in [5.41, 5.74) is 1.75. The Morgan fingerprint density at radius 1 is 1.21 bits per heavy atom. The zero-order valence-electron chi connectivity index (χ0n) is 19.4. The number of carboxylic acids is 1. The van der Waals surface area contributed by atoms with Crippen LogP contribution < -0.4 is 14.8 Å². The minimum Gasteiger partial charge on any atom is -0.493 e. The lowest BCUT2D eigenvalue weighted by molar-refractivity contribution is -0.139. The number of carbonyl (C=O) groups excluding carboxylic acids is 1. The summed E-state index contributed by atoms with van der Waals surface area (Å²) < 4.78 is 13.1. The van der Waals surface area contributed by atoms with Gasteiger partial charge in [-0.1, -0.05) is 32.4 Å². The summed E-state index contributed by atoms with van der Waals surface area (Å²) in [5.74, 6) is 0.0224. The largest absolute Gasteiger partial charge is 0.493 e. The van der Waals surface area contributed by atoms with Crippen LogP contribution in [-0.2, 0) is 17.3 Å². The highest BCUT2D eigenvalue weighted by Crippen LogP contribution is 2.41. The Morgan fingerprint density at radius 3 is 2.53 bits per heavy atom. The van der Waals surface area contributed by atoms with Crippen LogP contribution in [0.5, 0.6) is 17.2 Å². The van der Waals surface area contributed by atoms with Crippen molar-refractivity contribution in [1.29, 1.82) is 0 Å². The van der Waals surface area contributed by atoms with Crippen LogP contribution in [0.2, 0.25) is 5.02 Å². The fraction of sp³-hybridized carbons (Fsp3) is 0.320. The molecule has 1 amide bonds. The number of benzene rings is 2. The number of hydrogen-bond donors (Lipinski definition) is 2. The molecule has 178 valence electrons. The third-order valence-corrected chi connectivity index (χ3v) is 5.93. The number of hydrogen-bond acceptors (Lipinski definition) is 5. The smallest absolute Gasteiger partial charge is 0.311 e. The Morgan fingerprint density at radius 2 is 1.91 bits per heavy atom. The summed E-state index contributed by atoms with van der Waals surface area (Å²) in [4.78, 5) is 24.2. The summed E-state index contributed by atoms with van der Waals surface area (Å²) in [5, 5.41) is 17.1. The van der Waals surface area contributed by atoms with Crippen molar-refractivity contribution in [3.63, 3.8) is 0 Å². The molecule has 8 nitrogen and oxygen atoms in total. The minimum absolute atomic E-state index is 0.128. The zero-order chi connectivity index (χ0) is 24.6. The third kappa shape index (κ3) is 4.87. The number of aryl methyl sites for hydroxylation is 1. The van der Waals surface area contributed by atoms with E-state index in [1.807, 2.05) is 6.07 Å². The molecule has 0 aliphatic carbocycles. The van der Waals surface area contributed by atoms with Crippen molar-refractivity contribution in [2.75, 3.05) is 11.9 Å². The number of aromatic nitrogens is 2. The molecule has 0 spiro atoms. The average Bonchev–Trinajstić information content (AvgIpc) is 3.15. The summed E-state index contributed by atoms with van der Waals surface area (Å²) in [6, 6.07) is 11.7. The lowest BCUT2D eigenvalue weighted by atomic mass is 9.92. The van der Waals surface area contributed by atoms with Gasteiger partial charge in [-0.15, -0.1) is 0 Å². The average molecular weight is 484 g/mol. The number of rotatable bonds is 5. The van der Waals surface area contributed by atoms with Crippen LogP contribution in [0.15, 0.2) is 42.5 Å². The summed E-state index contributed by atoms with van der Waals surface area (Å²) in [6.45, 7) is 6.49. The van der Waals surface area contributed by atoms with Crippen molar-refractivity contribution in [2.45, 2.75) is 38.5 Å². The second-order valence-corrected chi connectivity index (χ2v) is 9.62. The quantitative estimate of drug-likeness (QED) is 0.506. The number of ether oxygens (including phenoxy) is 2. The van der Waals surface area contributed by atoms with Gasteiger partial charge in [0, 0.05) is 35.7 Å². The number of nitrogens with one attached hydrogen (secondary N) is 1. The van der Waals surface area contributed by atoms with Crippen molar-refractivity contribution in [3.05, 3.63) is 64.3 Å². The first kappa shape index (κ1) is 23.6. The van der Waals surface area contributed by atoms with Crippen LogP contribution in [0, 0.1) is 0 Å². The van der Waals surface area contributed by atoms with Gasteiger partial charge in [-0.3, -0.25) is 14.3 Å². The number of fused-ring (bicyclic) bond motifs is 1. The number of carboxylic acid groups (broad SMARTS) is 1. The van der Waals surface area contributed by atoms with Gasteiger partial charge in [-0.05, 0) is 36.8 Å². The van der Waals surface area contributed by atoms with Crippen molar-refractivity contribution >= 4 is 29.3 Å². The second kappa shape index (κ2) is 9.02. The van der Waals surface area contributed by atoms with E-state index in [4.69, 9.17) is 21.1 Å². The number of amides is 1. The molecule has 0 saturated heterocycles. The van der Waals surface area contributed by atoms with Gasteiger partial charge in [0.2, 0.25) is 0 Å². The third-order valence-electron chi connectivity index (χ3n) is 5.64. The van der Waals surface area contributed by atoms with Gasteiger partial charge in [0.1, 0.15) is 23.1 Å². The predicted octanol–water partition coefficient (Wildman–Crippen LogP) is 5.37. The van der Waals surface area contributed by atoms with Crippen LogP contribution in [0.1, 0.15) is 54.7 Å². The maximum Gasteiger partial charge on any atom is 0.311 e. The number of aliphatic carboxylic acids is 1. The molecular formula is C25H26ClN3O5. The molecule has 0 saturated carbocycles. The Balaban J connectivity index is 1.48. The predicted molar refractivity (Wildman–Crippen MR) is 128 cm³/mol. The molecule has 34 heavy (non-hydrogen) atoms. The second-order valence-electron chi connectivity index (χ2n) is 9.22. The van der Waals surface area contributed by atoms with E-state index in [9.17, 15) is 14.7 Å². The molecule has 0 bridgehead atoms.